The van der Waals surface area contributed by atoms with E-state index in [9.17, 15) is 10.1 Å². The van der Waals surface area contributed by atoms with Gasteiger partial charge in [-0.15, -0.1) is 0 Å². The first kappa shape index (κ1) is 19.0. The van der Waals surface area contributed by atoms with Gasteiger partial charge in [-0.05, 0) is 25.5 Å². The number of hydrogen-bond donors (Lipinski definition) is 2. The molecule has 0 bridgehead atoms. The van der Waals surface area contributed by atoms with Gasteiger partial charge in [0.05, 0.1) is 18.1 Å². The molecule has 0 saturated carbocycles. The van der Waals surface area contributed by atoms with Crippen molar-refractivity contribution in [2.24, 2.45) is 10.9 Å². The van der Waals surface area contributed by atoms with E-state index in [4.69, 9.17) is 4.74 Å². The fourth-order valence-electron chi connectivity index (χ4n) is 2.89. The molecule has 138 valence electrons. The van der Waals surface area contributed by atoms with Crippen LogP contribution < -0.4 is 10.6 Å². The normalized spacial score (nSPS) is 17.6. The van der Waals surface area contributed by atoms with Crippen molar-refractivity contribution < 1.29 is 9.66 Å². The number of benzene rings is 1. The van der Waals surface area contributed by atoms with Gasteiger partial charge >= 0.3 is 0 Å². The van der Waals surface area contributed by atoms with Gasteiger partial charge in [0.1, 0.15) is 0 Å². The maximum absolute atomic E-state index is 10.6. The molecular formula is C17H27N5O3. The van der Waals surface area contributed by atoms with Crippen LogP contribution in [0.15, 0.2) is 29.3 Å². The predicted octanol–water partition coefficient (Wildman–Crippen LogP) is 1.94. The molecule has 8 heteroatoms. The van der Waals surface area contributed by atoms with Crippen molar-refractivity contribution in [3.63, 3.8) is 0 Å². The molecule has 1 atom stereocenters. The highest BCUT2D eigenvalue weighted by Gasteiger charge is 2.24. The lowest BCUT2D eigenvalue weighted by molar-refractivity contribution is -0.384. The Bertz CT molecular complexity index is 576. The van der Waals surface area contributed by atoms with Gasteiger partial charge in [-0.1, -0.05) is 0 Å². The van der Waals surface area contributed by atoms with Crippen LogP contribution in [0.4, 0.5) is 11.4 Å². The number of aliphatic imine (C=N–C) groups is 1. The summed E-state index contributed by atoms with van der Waals surface area (Å²) in [5, 5.41) is 17.2. The van der Waals surface area contributed by atoms with E-state index in [-0.39, 0.29) is 5.69 Å². The molecule has 1 fully saturated rings. The SMILES string of the molecule is CCNC(=NCCNc1ccc([N+](=O)[O-])cc1)N1CCC(COC)C1. The second-order valence-corrected chi connectivity index (χ2v) is 6.02. The second-order valence-electron chi connectivity index (χ2n) is 6.02. The summed E-state index contributed by atoms with van der Waals surface area (Å²) >= 11 is 0. The summed E-state index contributed by atoms with van der Waals surface area (Å²) in [6, 6.07) is 6.41. The number of hydrogen-bond acceptors (Lipinski definition) is 5. The topological polar surface area (TPSA) is 92.0 Å². The third-order valence-electron chi connectivity index (χ3n) is 4.10. The molecule has 2 N–H and O–H groups in total. The Morgan fingerprint density at radius 2 is 2.20 bits per heavy atom. The van der Waals surface area contributed by atoms with Crippen LogP contribution in [-0.2, 0) is 4.74 Å². The number of ether oxygens (including phenoxy) is 1. The van der Waals surface area contributed by atoms with Crippen molar-refractivity contribution in [3.8, 4) is 0 Å². The lowest BCUT2D eigenvalue weighted by Gasteiger charge is -2.21. The van der Waals surface area contributed by atoms with Gasteiger partial charge in [-0.2, -0.15) is 0 Å². The van der Waals surface area contributed by atoms with E-state index in [2.05, 4.69) is 27.4 Å². The predicted molar refractivity (Wildman–Crippen MR) is 99.1 cm³/mol. The Morgan fingerprint density at radius 3 is 2.84 bits per heavy atom. The molecular weight excluding hydrogens is 322 g/mol. The number of rotatable bonds is 8. The average Bonchev–Trinajstić information content (AvgIpc) is 3.07. The zero-order valence-electron chi connectivity index (χ0n) is 14.9. The van der Waals surface area contributed by atoms with Gasteiger partial charge in [0, 0.05) is 57.0 Å². The minimum atomic E-state index is -0.399. The Kier molecular flexibility index (Phi) is 7.46. The fourth-order valence-corrected chi connectivity index (χ4v) is 2.89. The maximum Gasteiger partial charge on any atom is 0.269 e. The number of nitrogens with zero attached hydrogens (tertiary/aromatic N) is 3. The molecule has 1 aliphatic heterocycles. The number of anilines is 1. The molecule has 0 aliphatic carbocycles. The zero-order valence-corrected chi connectivity index (χ0v) is 14.9. The van der Waals surface area contributed by atoms with Crippen molar-refractivity contribution in [3.05, 3.63) is 34.4 Å². The third kappa shape index (κ3) is 5.90. The Balaban J connectivity index is 1.82. The van der Waals surface area contributed by atoms with Crippen LogP contribution in [0.1, 0.15) is 13.3 Å². The minimum Gasteiger partial charge on any atom is -0.384 e. The van der Waals surface area contributed by atoms with E-state index < -0.39 is 4.92 Å². The van der Waals surface area contributed by atoms with Crippen molar-refractivity contribution in [2.45, 2.75) is 13.3 Å². The van der Waals surface area contributed by atoms with E-state index >= 15 is 0 Å². The summed E-state index contributed by atoms with van der Waals surface area (Å²) in [6.45, 7) is 6.95. The molecule has 0 radical (unpaired) electrons. The van der Waals surface area contributed by atoms with Crippen LogP contribution in [0.25, 0.3) is 0 Å². The first-order valence-corrected chi connectivity index (χ1v) is 8.64. The molecule has 25 heavy (non-hydrogen) atoms. The Labute approximate surface area is 148 Å². The van der Waals surface area contributed by atoms with Crippen molar-refractivity contribution in [2.75, 3.05) is 51.8 Å². The van der Waals surface area contributed by atoms with E-state index in [0.717, 1.165) is 44.3 Å². The van der Waals surface area contributed by atoms with Gasteiger partial charge in [0.25, 0.3) is 5.69 Å². The highest BCUT2D eigenvalue weighted by Crippen LogP contribution is 2.17. The smallest absolute Gasteiger partial charge is 0.269 e. The largest absolute Gasteiger partial charge is 0.384 e. The lowest BCUT2D eigenvalue weighted by Crippen LogP contribution is -2.40. The van der Waals surface area contributed by atoms with Crippen LogP contribution in [0, 0.1) is 16.0 Å². The molecule has 0 amide bonds. The van der Waals surface area contributed by atoms with Gasteiger partial charge in [0.2, 0.25) is 0 Å². The van der Waals surface area contributed by atoms with Gasteiger partial charge < -0.3 is 20.3 Å². The number of methoxy groups -OCH3 is 1. The van der Waals surface area contributed by atoms with E-state index in [1.165, 1.54) is 12.1 Å². The van der Waals surface area contributed by atoms with Crippen LogP contribution in [-0.4, -0.2) is 62.2 Å². The lowest BCUT2D eigenvalue weighted by atomic mass is 10.1. The average molecular weight is 349 g/mol. The standard InChI is InChI=1S/C17H27N5O3/c1-3-18-17(21-11-8-14(12-21)13-25-2)20-10-9-19-15-4-6-16(7-5-15)22(23)24/h4-7,14,19H,3,8-13H2,1-2H3,(H,18,20). The van der Waals surface area contributed by atoms with Gasteiger partial charge in [-0.3, -0.25) is 15.1 Å². The first-order valence-electron chi connectivity index (χ1n) is 8.64. The number of nitro benzene ring substituents is 1. The molecule has 2 rings (SSSR count). The Morgan fingerprint density at radius 1 is 1.44 bits per heavy atom. The summed E-state index contributed by atoms with van der Waals surface area (Å²) < 4.78 is 5.25. The Hall–Kier alpha value is -2.35. The zero-order chi connectivity index (χ0) is 18.1. The summed E-state index contributed by atoms with van der Waals surface area (Å²) in [5.74, 6) is 1.50. The molecule has 1 aliphatic rings. The summed E-state index contributed by atoms with van der Waals surface area (Å²) in [7, 11) is 1.74. The number of guanidine groups is 1. The molecule has 1 unspecified atom stereocenters. The van der Waals surface area contributed by atoms with Gasteiger partial charge in [0.15, 0.2) is 5.96 Å². The fraction of sp³-hybridized carbons (Fsp3) is 0.588. The molecule has 0 aromatic heterocycles. The van der Waals surface area contributed by atoms with E-state index in [1.807, 2.05) is 0 Å². The van der Waals surface area contributed by atoms with Crippen LogP contribution in [0.2, 0.25) is 0 Å². The van der Waals surface area contributed by atoms with Gasteiger partial charge in [-0.25, -0.2) is 0 Å². The van der Waals surface area contributed by atoms with Crippen molar-refractivity contribution in [1.29, 1.82) is 0 Å². The van der Waals surface area contributed by atoms with E-state index in [0.29, 0.717) is 19.0 Å². The highest BCUT2D eigenvalue weighted by molar-refractivity contribution is 5.80. The summed E-state index contributed by atoms with van der Waals surface area (Å²) in [4.78, 5) is 17.2. The number of likely N-dealkylation sites (tertiary alicyclic amines) is 1. The minimum absolute atomic E-state index is 0.0950. The van der Waals surface area contributed by atoms with Crippen LogP contribution in [0.5, 0.6) is 0 Å². The molecule has 0 spiro atoms. The van der Waals surface area contributed by atoms with E-state index in [1.54, 1.807) is 19.2 Å². The molecule has 8 nitrogen and oxygen atoms in total. The molecule has 1 aromatic carbocycles. The van der Waals surface area contributed by atoms with Crippen LogP contribution in [0.3, 0.4) is 0 Å². The van der Waals surface area contributed by atoms with Crippen molar-refractivity contribution in [1.82, 2.24) is 10.2 Å². The number of nitro groups is 1. The monoisotopic (exact) mass is 349 g/mol. The highest BCUT2D eigenvalue weighted by atomic mass is 16.6. The third-order valence-corrected chi connectivity index (χ3v) is 4.10. The number of nitrogens with one attached hydrogen (secondary N) is 2. The summed E-state index contributed by atoms with van der Waals surface area (Å²) in [6.07, 6.45) is 1.12. The second kappa shape index (κ2) is 9.83. The summed E-state index contributed by atoms with van der Waals surface area (Å²) in [5.41, 5.74) is 0.949. The molecule has 1 heterocycles. The quantitative estimate of drug-likeness (QED) is 0.245. The molecule has 1 aromatic rings. The van der Waals surface area contributed by atoms with Crippen molar-refractivity contribution >= 4 is 17.3 Å². The first-order chi connectivity index (χ1) is 12.1. The molecule has 1 saturated heterocycles. The number of non-ortho nitro benzene ring substituents is 1. The van der Waals surface area contributed by atoms with Crippen LogP contribution >= 0.6 is 0 Å². The maximum atomic E-state index is 10.6.